The maximum absolute atomic E-state index is 13.1. The van der Waals surface area contributed by atoms with Crippen molar-refractivity contribution in [3.05, 3.63) is 30.3 Å². The van der Waals surface area contributed by atoms with Crippen LogP contribution in [0, 0.1) is 5.92 Å². The Hall–Kier alpha value is -0.940. The van der Waals surface area contributed by atoms with Crippen LogP contribution in [0.5, 0.6) is 0 Å². The highest BCUT2D eigenvalue weighted by Gasteiger charge is 2.68. The molecule has 1 aromatic rings. The van der Waals surface area contributed by atoms with Crippen molar-refractivity contribution in [1.82, 2.24) is 0 Å². The van der Waals surface area contributed by atoms with Gasteiger partial charge in [0.1, 0.15) is 0 Å². The summed E-state index contributed by atoms with van der Waals surface area (Å²) < 4.78 is 39.3. The Bertz CT molecular complexity index is 480. The van der Waals surface area contributed by atoms with E-state index in [0.29, 0.717) is 5.69 Å². The van der Waals surface area contributed by atoms with Gasteiger partial charge in [-0.25, -0.2) is 0 Å². The van der Waals surface area contributed by atoms with Crippen LogP contribution >= 0.6 is 23.2 Å². The van der Waals surface area contributed by atoms with Crippen molar-refractivity contribution >= 4 is 34.8 Å². The molecule has 0 radical (unpaired) electrons. The summed E-state index contributed by atoms with van der Waals surface area (Å²) in [6, 6.07) is 8.10. The lowest BCUT2D eigenvalue weighted by atomic mass is 9.96. The van der Waals surface area contributed by atoms with Gasteiger partial charge in [-0.15, -0.1) is 11.6 Å². The fraction of sp³-hybridized carbons (Fsp3) is 0.417. The normalized spacial score (nSPS) is 27.9. The number of halogens is 5. The zero-order valence-corrected chi connectivity index (χ0v) is 11.1. The lowest BCUT2D eigenvalue weighted by molar-refractivity contribution is -0.174. The van der Waals surface area contributed by atoms with Crippen molar-refractivity contribution < 1.29 is 18.0 Å². The third kappa shape index (κ3) is 2.19. The Morgan fingerprint density at radius 2 is 1.89 bits per heavy atom. The van der Waals surface area contributed by atoms with Crippen LogP contribution in [0.15, 0.2) is 30.3 Å². The molecule has 1 aliphatic heterocycles. The first kappa shape index (κ1) is 14.5. The molecule has 0 bridgehead atoms. The number of anilines is 1. The van der Waals surface area contributed by atoms with Gasteiger partial charge in [-0.3, -0.25) is 4.79 Å². The molecule has 0 aliphatic carbocycles. The van der Waals surface area contributed by atoms with Gasteiger partial charge in [0.15, 0.2) is 0 Å². The molecule has 0 N–H and O–H groups in total. The molecule has 0 spiro atoms. The van der Waals surface area contributed by atoms with E-state index in [1.54, 1.807) is 30.3 Å². The lowest BCUT2D eigenvalue weighted by Gasteiger charge is -2.27. The highest BCUT2D eigenvalue weighted by atomic mass is 35.5. The van der Waals surface area contributed by atoms with E-state index in [9.17, 15) is 18.0 Å². The van der Waals surface area contributed by atoms with Gasteiger partial charge in [0.25, 0.3) is 5.91 Å². The molecule has 0 aromatic heterocycles. The first-order chi connectivity index (χ1) is 8.82. The number of rotatable bonds is 2. The molecule has 1 aliphatic rings. The van der Waals surface area contributed by atoms with Crippen LogP contribution in [0.2, 0.25) is 0 Å². The Kier molecular flexibility index (Phi) is 3.71. The molecular weight excluding hydrogens is 302 g/mol. The smallest absolute Gasteiger partial charge is 0.310 e. The van der Waals surface area contributed by atoms with E-state index in [1.165, 1.54) is 0 Å². The molecule has 2 atom stereocenters. The first-order valence-electron chi connectivity index (χ1n) is 5.51. The van der Waals surface area contributed by atoms with E-state index in [2.05, 4.69) is 0 Å². The Morgan fingerprint density at radius 1 is 1.32 bits per heavy atom. The van der Waals surface area contributed by atoms with Gasteiger partial charge in [0, 0.05) is 24.0 Å². The summed E-state index contributed by atoms with van der Waals surface area (Å²) in [7, 11) is 0. The number of hydrogen-bond acceptors (Lipinski definition) is 1. The molecule has 19 heavy (non-hydrogen) atoms. The minimum absolute atomic E-state index is 0.143. The SMILES string of the molecule is O=C1N(c2ccccc2)CC(CCl)C1(Cl)C(F)(F)F. The van der Waals surface area contributed by atoms with Crippen molar-refractivity contribution in [2.24, 2.45) is 5.92 Å². The van der Waals surface area contributed by atoms with Gasteiger partial charge < -0.3 is 4.90 Å². The molecule has 1 saturated heterocycles. The maximum atomic E-state index is 13.1. The summed E-state index contributed by atoms with van der Waals surface area (Å²) in [5, 5.41) is 0. The van der Waals surface area contributed by atoms with E-state index in [-0.39, 0.29) is 12.4 Å². The molecule has 1 aromatic carbocycles. The van der Waals surface area contributed by atoms with Gasteiger partial charge in [0.2, 0.25) is 4.87 Å². The zero-order valence-electron chi connectivity index (χ0n) is 9.62. The fourth-order valence-corrected chi connectivity index (χ4v) is 2.79. The number of para-hydroxylation sites is 1. The van der Waals surface area contributed by atoms with Crippen LogP contribution in [-0.4, -0.2) is 29.4 Å². The van der Waals surface area contributed by atoms with Crippen LogP contribution in [0.4, 0.5) is 18.9 Å². The number of amides is 1. The van der Waals surface area contributed by atoms with Crippen molar-refractivity contribution in [1.29, 1.82) is 0 Å². The lowest BCUT2D eigenvalue weighted by Crippen LogP contribution is -2.51. The van der Waals surface area contributed by atoms with Crippen molar-refractivity contribution in [2.75, 3.05) is 17.3 Å². The fourth-order valence-electron chi connectivity index (χ4n) is 2.14. The van der Waals surface area contributed by atoms with Gasteiger partial charge >= 0.3 is 6.18 Å². The van der Waals surface area contributed by atoms with E-state index in [0.717, 1.165) is 4.90 Å². The van der Waals surface area contributed by atoms with E-state index in [4.69, 9.17) is 23.2 Å². The third-order valence-electron chi connectivity index (χ3n) is 3.19. The van der Waals surface area contributed by atoms with Crippen LogP contribution in [0.3, 0.4) is 0 Å². The monoisotopic (exact) mass is 311 g/mol. The number of hydrogen-bond donors (Lipinski definition) is 0. The Balaban J connectivity index is 2.42. The zero-order chi connectivity index (χ0) is 14.3. The summed E-state index contributed by atoms with van der Waals surface area (Å²) in [6.45, 7) is -0.143. The predicted molar refractivity (Wildman–Crippen MR) is 67.6 cm³/mol. The highest BCUT2D eigenvalue weighted by molar-refractivity contribution is 6.39. The van der Waals surface area contributed by atoms with Crippen LogP contribution in [0.1, 0.15) is 0 Å². The van der Waals surface area contributed by atoms with Gasteiger partial charge in [0.05, 0.1) is 0 Å². The van der Waals surface area contributed by atoms with E-state index < -0.39 is 22.9 Å². The summed E-state index contributed by atoms with van der Waals surface area (Å²) in [5.41, 5.74) is 0.384. The van der Waals surface area contributed by atoms with E-state index in [1.807, 2.05) is 0 Å². The number of alkyl halides is 5. The second-order valence-corrected chi connectivity index (χ2v) is 5.22. The predicted octanol–water partition coefficient (Wildman–Crippen LogP) is 3.43. The Labute approximate surface area is 118 Å². The standard InChI is InChI=1S/C12H10Cl2F3NO/c13-6-8-7-18(9-4-2-1-3-5-9)10(19)11(8,14)12(15,16)17/h1-5,8H,6-7H2. The average molecular weight is 312 g/mol. The number of benzene rings is 1. The molecule has 2 nitrogen and oxygen atoms in total. The average Bonchev–Trinajstić information content (AvgIpc) is 2.64. The van der Waals surface area contributed by atoms with Crippen molar-refractivity contribution in [3.8, 4) is 0 Å². The van der Waals surface area contributed by atoms with Crippen LogP contribution in [0.25, 0.3) is 0 Å². The Morgan fingerprint density at radius 3 is 2.32 bits per heavy atom. The molecular formula is C12H10Cl2F3NO. The molecule has 0 saturated carbocycles. The van der Waals surface area contributed by atoms with Crippen LogP contribution < -0.4 is 4.90 Å². The summed E-state index contributed by atoms with van der Waals surface area (Å²) in [5.74, 6) is -2.68. The van der Waals surface area contributed by atoms with Crippen LogP contribution in [-0.2, 0) is 4.79 Å². The van der Waals surface area contributed by atoms with Crippen molar-refractivity contribution in [2.45, 2.75) is 11.1 Å². The quantitative estimate of drug-likeness (QED) is 0.766. The maximum Gasteiger partial charge on any atom is 0.416 e. The highest BCUT2D eigenvalue weighted by Crippen LogP contribution is 2.48. The summed E-state index contributed by atoms with van der Waals surface area (Å²) >= 11 is 11.2. The minimum Gasteiger partial charge on any atom is -0.310 e. The largest absolute Gasteiger partial charge is 0.416 e. The van der Waals surface area contributed by atoms with Gasteiger partial charge in [-0.05, 0) is 12.1 Å². The molecule has 104 valence electrons. The topological polar surface area (TPSA) is 20.3 Å². The van der Waals surface area contributed by atoms with Gasteiger partial charge in [-0.1, -0.05) is 29.8 Å². The molecule has 2 rings (SSSR count). The van der Waals surface area contributed by atoms with Gasteiger partial charge in [-0.2, -0.15) is 13.2 Å². The third-order valence-corrected chi connectivity index (χ3v) is 4.25. The number of carbonyl (C=O) groups excluding carboxylic acids is 1. The number of carbonyl (C=O) groups is 1. The first-order valence-corrected chi connectivity index (χ1v) is 6.42. The second-order valence-electron chi connectivity index (χ2n) is 4.31. The van der Waals surface area contributed by atoms with E-state index >= 15 is 0 Å². The second kappa shape index (κ2) is 4.87. The minimum atomic E-state index is -4.84. The summed E-state index contributed by atoms with van der Waals surface area (Å²) in [4.78, 5) is 10.2. The molecule has 2 unspecified atom stereocenters. The van der Waals surface area contributed by atoms with Crippen molar-refractivity contribution in [3.63, 3.8) is 0 Å². The molecule has 7 heteroatoms. The number of nitrogens with zero attached hydrogens (tertiary/aromatic N) is 1. The summed E-state index contributed by atoms with van der Waals surface area (Å²) in [6.07, 6.45) is -4.84. The molecule has 1 amide bonds. The molecule has 1 fully saturated rings. The molecule has 1 heterocycles.